The minimum absolute atomic E-state index is 0.508. The number of aromatic amines is 1. The first-order valence-electron chi connectivity index (χ1n) is 8.68. The standard InChI is InChI=1S/C11H9ClO.C10H9N5O/c1-8-5-6-11(13-8)9-3-2-4-10(12)7-9;16-7-11-9-3-1-2-8(6-9)4-5-10-12-14-15-13-10/h2-7H,1H3;1-7H,(H,11,16)(H,12,13,14,15)/b;5-4+. The number of carbonyl (C=O) groups is 1. The molecule has 0 fully saturated rings. The minimum Gasteiger partial charge on any atom is -0.461 e. The van der Waals surface area contributed by atoms with Gasteiger partial charge in [0.15, 0.2) is 5.82 Å². The van der Waals surface area contributed by atoms with E-state index in [4.69, 9.17) is 16.0 Å². The molecule has 0 saturated heterocycles. The molecule has 0 bridgehead atoms. The van der Waals surface area contributed by atoms with E-state index in [1.165, 1.54) is 0 Å². The molecule has 2 aromatic heterocycles. The predicted octanol–water partition coefficient (Wildman–Crippen LogP) is 4.85. The molecule has 0 aliphatic rings. The first-order chi connectivity index (χ1) is 14.1. The van der Waals surface area contributed by atoms with Gasteiger partial charge in [0, 0.05) is 16.3 Å². The molecule has 8 heteroatoms. The SMILES string of the molecule is Cc1ccc(-c2cccc(Cl)c2)o1.O=CNc1cccc(/C=C/c2nn[nH]n2)c1. The number of nitrogens with zero attached hydrogens (tertiary/aromatic N) is 3. The molecule has 146 valence electrons. The van der Waals surface area contributed by atoms with Crippen molar-refractivity contribution >= 4 is 35.9 Å². The Morgan fingerprint density at radius 3 is 2.62 bits per heavy atom. The van der Waals surface area contributed by atoms with Gasteiger partial charge < -0.3 is 9.73 Å². The Labute approximate surface area is 172 Å². The third-order valence-electron chi connectivity index (χ3n) is 3.75. The molecule has 0 atom stereocenters. The second-order valence-electron chi connectivity index (χ2n) is 5.91. The van der Waals surface area contributed by atoms with Crippen molar-refractivity contribution in [2.75, 3.05) is 5.32 Å². The second-order valence-corrected chi connectivity index (χ2v) is 6.35. The van der Waals surface area contributed by atoms with Gasteiger partial charge in [-0.3, -0.25) is 4.79 Å². The molecule has 0 saturated carbocycles. The van der Waals surface area contributed by atoms with Crippen molar-refractivity contribution in [3.8, 4) is 11.3 Å². The van der Waals surface area contributed by atoms with Gasteiger partial charge in [-0.05, 0) is 60.2 Å². The predicted molar refractivity (Wildman–Crippen MR) is 113 cm³/mol. The van der Waals surface area contributed by atoms with Gasteiger partial charge in [-0.25, -0.2) is 0 Å². The summed E-state index contributed by atoms with van der Waals surface area (Å²) in [5, 5.41) is 16.7. The van der Waals surface area contributed by atoms with Crippen LogP contribution in [0.3, 0.4) is 0 Å². The summed E-state index contributed by atoms with van der Waals surface area (Å²) >= 11 is 5.86. The summed E-state index contributed by atoms with van der Waals surface area (Å²) in [6.45, 7) is 1.92. The number of halogens is 1. The zero-order valence-corrected chi connectivity index (χ0v) is 16.3. The number of nitrogens with one attached hydrogen (secondary N) is 2. The van der Waals surface area contributed by atoms with Crippen LogP contribution in [-0.2, 0) is 4.79 Å². The van der Waals surface area contributed by atoms with Crippen LogP contribution in [0.15, 0.2) is 65.1 Å². The Balaban J connectivity index is 0.000000169. The molecule has 2 heterocycles. The Morgan fingerprint density at radius 2 is 1.93 bits per heavy atom. The fraction of sp³-hybridized carbons (Fsp3) is 0.0476. The summed E-state index contributed by atoms with van der Waals surface area (Å²) in [6, 6.07) is 18.9. The molecule has 4 aromatic rings. The van der Waals surface area contributed by atoms with Crippen molar-refractivity contribution in [1.82, 2.24) is 20.6 Å². The Kier molecular flexibility index (Phi) is 6.91. The average Bonchev–Trinajstić information content (AvgIpc) is 3.39. The average molecular weight is 408 g/mol. The first-order valence-corrected chi connectivity index (χ1v) is 9.06. The van der Waals surface area contributed by atoms with Crippen LogP contribution in [0.5, 0.6) is 0 Å². The molecule has 0 unspecified atom stereocenters. The van der Waals surface area contributed by atoms with Gasteiger partial charge in [-0.2, -0.15) is 5.21 Å². The van der Waals surface area contributed by atoms with Crippen LogP contribution < -0.4 is 5.32 Å². The highest BCUT2D eigenvalue weighted by Gasteiger charge is 2.01. The lowest BCUT2D eigenvalue weighted by molar-refractivity contribution is -0.105. The third-order valence-corrected chi connectivity index (χ3v) is 3.98. The molecule has 2 aromatic carbocycles. The molecule has 0 aliphatic heterocycles. The number of tetrazole rings is 1. The topological polar surface area (TPSA) is 96.7 Å². The van der Waals surface area contributed by atoms with Gasteiger partial charge in [0.2, 0.25) is 6.41 Å². The van der Waals surface area contributed by atoms with Crippen molar-refractivity contribution in [2.24, 2.45) is 0 Å². The number of rotatable bonds is 5. The normalized spacial score (nSPS) is 10.4. The van der Waals surface area contributed by atoms with Crippen molar-refractivity contribution < 1.29 is 9.21 Å². The maximum atomic E-state index is 10.3. The summed E-state index contributed by atoms with van der Waals surface area (Å²) in [5.74, 6) is 2.28. The smallest absolute Gasteiger partial charge is 0.211 e. The number of benzene rings is 2. The van der Waals surface area contributed by atoms with Gasteiger partial charge in [-0.1, -0.05) is 41.9 Å². The number of hydrogen-bond acceptors (Lipinski definition) is 5. The lowest BCUT2D eigenvalue weighted by Crippen LogP contribution is -1.92. The number of hydrogen-bond donors (Lipinski definition) is 2. The highest BCUT2D eigenvalue weighted by Crippen LogP contribution is 2.24. The van der Waals surface area contributed by atoms with Gasteiger partial charge in [0.05, 0.1) is 0 Å². The second kappa shape index (κ2) is 10.0. The number of aryl methyl sites for hydroxylation is 1. The van der Waals surface area contributed by atoms with Gasteiger partial charge in [0.25, 0.3) is 0 Å². The number of carbonyl (C=O) groups excluding carboxylic acids is 1. The zero-order valence-electron chi connectivity index (χ0n) is 15.5. The number of amides is 1. The largest absolute Gasteiger partial charge is 0.461 e. The monoisotopic (exact) mass is 407 g/mol. The summed E-state index contributed by atoms with van der Waals surface area (Å²) in [5.41, 5.74) is 2.70. The van der Waals surface area contributed by atoms with E-state index >= 15 is 0 Å². The van der Waals surface area contributed by atoms with Crippen LogP contribution >= 0.6 is 11.6 Å². The Hall–Kier alpha value is -3.71. The Morgan fingerprint density at radius 1 is 1.07 bits per heavy atom. The molecule has 0 radical (unpaired) electrons. The summed E-state index contributed by atoms with van der Waals surface area (Å²) in [7, 11) is 0. The van der Waals surface area contributed by atoms with E-state index < -0.39 is 0 Å². The van der Waals surface area contributed by atoms with Crippen LogP contribution in [0.1, 0.15) is 17.1 Å². The fourth-order valence-electron chi connectivity index (χ4n) is 2.44. The van der Waals surface area contributed by atoms with Crippen LogP contribution in [0.2, 0.25) is 5.02 Å². The van der Waals surface area contributed by atoms with Crippen LogP contribution in [0.25, 0.3) is 23.5 Å². The summed E-state index contributed by atoms with van der Waals surface area (Å²) < 4.78 is 5.47. The van der Waals surface area contributed by atoms with Crippen molar-refractivity contribution in [3.63, 3.8) is 0 Å². The summed E-state index contributed by atoms with van der Waals surface area (Å²) in [6.07, 6.45) is 4.20. The number of H-pyrrole nitrogens is 1. The minimum atomic E-state index is 0.508. The molecule has 2 N–H and O–H groups in total. The molecule has 7 nitrogen and oxygen atoms in total. The molecule has 0 aliphatic carbocycles. The van der Waals surface area contributed by atoms with Crippen LogP contribution in [-0.4, -0.2) is 27.0 Å². The lowest BCUT2D eigenvalue weighted by atomic mass is 10.2. The third kappa shape index (κ3) is 6.15. The maximum Gasteiger partial charge on any atom is 0.211 e. The van der Waals surface area contributed by atoms with Crippen molar-refractivity contribution in [1.29, 1.82) is 0 Å². The van der Waals surface area contributed by atoms with Crippen LogP contribution in [0, 0.1) is 6.92 Å². The molecule has 29 heavy (non-hydrogen) atoms. The molecule has 1 amide bonds. The van der Waals surface area contributed by atoms with E-state index in [2.05, 4.69) is 25.9 Å². The van der Waals surface area contributed by atoms with Crippen LogP contribution in [0.4, 0.5) is 5.69 Å². The van der Waals surface area contributed by atoms with E-state index in [0.717, 1.165) is 33.4 Å². The quantitative estimate of drug-likeness (QED) is 0.461. The number of aromatic nitrogens is 4. The van der Waals surface area contributed by atoms with Gasteiger partial charge >= 0.3 is 0 Å². The first kappa shape index (κ1) is 20.0. The Bertz CT molecular complexity index is 1090. The highest BCUT2D eigenvalue weighted by molar-refractivity contribution is 6.30. The molecule has 4 rings (SSSR count). The van der Waals surface area contributed by atoms with Gasteiger partial charge in [-0.15, -0.1) is 10.2 Å². The summed E-state index contributed by atoms with van der Waals surface area (Å²) in [4.78, 5) is 10.3. The molecular weight excluding hydrogens is 390 g/mol. The lowest BCUT2D eigenvalue weighted by Gasteiger charge is -1.98. The van der Waals surface area contributed by atoms with Crippen molar-refractivity contribution in [2.45, 2.75) is 6.92 Å². The zero-order chi connectivity index (χ0) is 20.5. The number of furan rings is 1. The van der Waals surface area contributed by atoms with E-state index in [9.17, 15) is 4.79 Å². The maximum absolute atomic E-state index is 10.3. The molecule has 0 spiro atoms. The highest BCUT2D eigenvalue weighted by atomic mass is 35.5. The van der Waals surface area contributed by atoms with E-state index in [0.29, 0.717) is 12.2 Å². The fourth-order valence-corrected chi connectivity index (χ4v) is 2.63. The number of anilines is 1. The van der Waals surface area contributed by atoms with E-state index in [-0.39, 0.29) is 0 Å². The van der Waals surface area contributed by atoms with Crippen molar-refractivity contribution in [3.05, 3.63) is 82.8 Å². The van der Waals surface area contributed by atoms with Gasteiger partial charge in [0.1, 0.15) is 11.5 Å². The van der Waals surface area contributed by atoms with E-state index in [1.54, 1.807) is 12.1 Å². The van der Waals surface area contributed by atoms with E-state index in [1.807, 2.05) is 67.6 Å². The molecular formula is C21H18ClN5O2.